The molecule has 86 valence electrons. The molecule has 1 rings (SSSR count). The number of carbonyl (C=O) groups is 1. The predicted octanol–water partition coefficient (Wildman–Crippen LogP) is 1.30. The fraction of sp³-hybridized carbons (Fsp3) is 0.250. The highest BCUT2D eigenvalue weighted by atomic mass is 79.9. The summed E-state index contributed by atoms with van der Waals surface area (Å²) in [6.45, 7) is -0.402. The number of hydrogen-bond acceptors (Lipinski definition) is 6. The number of aromatic nitrogens is 1. The molecular weight excluding hydrogens is 284 g/mol. The SMILES string of the molecule is COC(=O)COc1cnc(Br)cc1[N+](=O)[O-]. The minimum Gasteiger partial charge on any atom is -0.474 e. The number of carbonyl (C=O) groups excluding carboxylic acids is 1. The molecule has 0 spiro atoms. The second-order valence-electron chi connectivity index (χ2n) is 2.60. The van der Waals surface area contributed by atoms with Crippen molar-refractivity contribution >= 4 is 27.6 Å². The number of pyridine rings is 1. The van der Waals surface area contributed by atoms with E-state index in [0.29, 0.717) is 4.60 Å². The van der Waals surface area contributed by atoms with Gasteiger partial charge in [-0.15, -0.1) is 0 Å². The van der Waals surface area contributed by atoms with Gasteiger partial charge < -0.3 is 9.47 Å². The van der Waals surface area contributed by atoms with E-state index < -0.39 is 17.5 Å². The first-order valence-corrected chi connectivity index (χ1v) is 4.83. The molecule has 0 aliphatic carbocycles. The summed E-state index contributed by atoms with van der Waals surface area (Å²) >= 11 is 3.00. The van der Waals surface area contributed by atoms with Crippen molar-refractivity contribution < 1.29 is 19.2 Å². The molecule has 1 heterocycles. The summed E-state index contributed by atoms with van der Waals surface area (Å²) < 4.78 is 9.55. The normalized spacial score (nSPS) is 9.62. The highest BCUT2D eigenvalue weighted by molar-refractivity contribution is 9.10. The van der Waals surface area contributed by atoms with Gasteiger partial charge in [-0.25, -0.2) is 9.78 Å². The second-order valence-corrected chi connectivity index (χ2v) is 3.41. The van der Waals surface area contributed by atoms with Crippen LogP contribution in [0.5, 0.6) is 5.75 Å². The maximum Gasteiger partial charge on any atom is 0.343 e. The van der Waals surface area contributed by atoms with Gasteiger partial charge in [0.2, 0.25) is 5.75 Å². The molecule has 0 atom stereocenters. The van der Waals surface area contributed by atoms with E-state index in [2.05, 4.69) is 25.7 Å². The fourth-order valence-electron chi connectivity index (χ4n) is 0.857. The largest absolute Gasteiger partial charge is 0.474 e. The lowest BCUT2D eigenvalue weighted by atomic mass is 10.4. The summed E-state index contributed by atoms with van der Waals surface area (Å²) in [5.41, 5.74) is -0.272. The molecule has 0 amide bonds. The molecule has 0 aliphatic rings. The lowest BCUT2D eigenvalue weighted by Crippen LogP contribution is -2.13. The molecule has 0 saturated heterocycles. The third-order valence-electron chi connectivity index (χ3n) is 1.58. The number of nitrogens with zero attached hydrogens (tertiary/aromatic N) is 2. The van der Waals surface area contributed by atoms with E-state index in [9.17, 15) is 14.9 Å². The van der Waals surface area contributed by atoms with E-state index in [1.54, 1.807) is 0 Å². The molecule has 0 fully saturated rings. The molecule has 0 bridgehead atoms. The van der Waals surface area contributed by atoms with Crippen molar-refractivity contribution in [3.63, 3.8) is 0 Å². The van der Waals surface area contributed by atoms with Crippen LogP contribution in [0.3, 0.4) is 0 Å². The topological polar surface area (TPSA) is 91.6 Å². The van der Waals surface area contributed by atoms with Crippen LogP contribution in [0.25, 0.3) is 0 Å². The Morgan fingerprint density at radius 3 is 2.94 bits per heavy atom. The van der Waals surface area contributed by atoms with Gasteiger partial charge in [0.1, 0.15) is 4.60 Å². The van der Waals surface area contributed by atoms with Crippen LogP contribution in [0.2, 0.25) is 0 Å². The predicted molar refractivity (Wildman–Crippen MR) is 56.1 cm³/mol. The van der Waals surface area contributed by atoms with Crippen molar-refractivity contribution in [2.75, 3.05) is 13.7 Å². The van der Waals surface area contributed by atoms with Gasteiger partial charge in [-0.05, 0) is 15.9 Å². The summed E-state index contributed by atoms with van der Waals surface area (Å²) in [6, 6.07) is 1.19. The molecule has 0 aliphatic heterocycles. The third-order valence-corrected chi connectivity index (χ3v) is 2.02. The molecule has 1 aromatic rings. The van der Waals surface area contributed by atoms with E-state index in [0.717, 1.165) is 6.20 Å². The Kier molecular flexibility index (Phi) is 4.18. The van der Waals surface area contributed by atoms with Crippen LogP contribution in [0, 0.1) is 10.1 Å². The molecule has 8 heteroatoms. The van der Waals surface area contributed by atoms with Crippen LogP contribution in [0.4, 0.5) is 5.69 Å². The maximum absolute atomic E-state index is 10.8. The smallest absolute Gasteiger partial charge is 0.343 e. The molecule has 1 aromatic heterocycles. The molecule has 0 saturated carbocycles. The van der Waals surface area contributed by atoms with Crippen molar-refractivity contribution in [1.29, 1.82) is 0 Å². The highest BCUT2D eigenvalue weighted by Crippen LogP contribution is 2.28. The second kappa shape index (κ2) is 5.40. The van der Waals surface area contributed by atoms with Gasteiger partial charge in [0.15, 0.2) is 6.61 Å². The zero-order valence-corrected chi connectivity index (χ0v) is 9.76. The Hall–Kier alpha value is -1.70. The van der Waals surface area contributed by atoms with Crippen LogP contribution in [0.1, 0.15) is 0 Å². The highest BCUT2D eigenvalue weighted by Gasteiger charge is 2.17. The lowest BCUT2D eigenvalue weighted by molar-refractivity contribution is -0.386. The van der Waals surface area contributed by atoms with Gasteiger partial charge in [-0.1, -0.05) is 0 Å². The Morgan fingerprint density at radius 2 is 2.38 bits per heavy atom. The van der Waals surface area contributed by atoms with Crippen LogP contribution in [0.15, 0.2) is 16.9 Å². The van der Waals surface area contributed by atoms with E-state index in [1.807, 2.05) is 0 Å². The van der Waals surface area contributed by atoms with E-state index in [-0.39, 0.29) is 11.4 Å². The van der Waals surface area contributed by atoms with Gasteiger partial charge >= 0.3 is 11.7 Å². The van der Waals surface area contributed by atoms with Crippen LogP contribution in [-0.2, 0) is 9.53 Å². The molecule has 0 unspecified atom stereocenters. The van der Waals surface area contributed by atoms with Crippen molar-refractivity contribution in [3.8, 4) is 5.75 Å². The number of nitro groups is 1. The van der Waals surface area contributed by atoms with E-state index >= 15 is 0 Å². The first-order valence-electron chi connectivity index (χ1n) is 4.04. The molecule has 0 N–H and O–H groups in total. The van der Waals surface area contributed by atoms with E-state index in [4.69, 9.17) is 4.74 Å². The Balaban J connectivity index is 2.87. The number of esters is 1. The average molecular weight is 291 g/mol. The van der Waals surface area contributed by atoms with Gasteiger partial charge in [-0.2, -0.15) is 0 Å². The minimum absolute atomic E-state index is 0.0846. The molecule has 0 radical (unpaired) electrons. The maximum atomic E-state index is 10.8. The van der Waals surface area contributed by atoms with Gasteiger partial charge in [0.25, 0.3) is 0 Å². The number of halogens is 1. The standard InChI is InChI=1S/C8H7BrN2O5/c1-15-8(12)4-16-6-3-10-7(9)2-5(6)11(13)14/h2-3H,4H2,1H3. The molecule has 0 aromatic carbocycles. The summed E-state index contributed by atoms with van der Waals surface area (Å²) in [6.07, 6.45) is 1.16. The van der Waals surface area contributed by atoms with Crippen molar-refractivity contribution in [2.24, 2.45) is 0 Å². The third kappa shape index (κ3) is 3.16. The number of rotatable bonds is 4. The van der Waals surface area contributed by atoms with Gasteiger partial charge in [0, 0.05) is 0 Å². The van der Waals surface area contributed by atoms with Crippen molar-refractivity contribution in [2.45, 2.75) is 0 Å². The van der Waals surface area contributed by atoms with Crippen LogP contribution in [-0.4, -0.2) is 29.6 Å². The Bertz CT molecular complexity index is 423. The Morgan fingerprint density at radius 1 is 1.69 bits per heavy atom. The zero-order valence-electron chi connectivity index (χ0n) is 8.18. The zero-order chi connectivity index (χ0) is 12.1. The van der Waals surface area contributed by atoms with Crippen molar-refractivity contribution in [1.82, 2.24) is 4.98 Å². The van der Waals surface area contributed by atoms with Crippen LogP contribution < -0.4 is 4.74 Å². The molecular formula is C8H7BrN2O5. The summed E-state index contributed by atoms with van der Waals surface area (Å²) in [4.78, 5) is 24.6. The number of methoxy groups -OCH3 is 1. The van der Waals surface area contributed by atoms with Crippen molar-refractivity contribution in [3.05, 3.63) is 27.0 Å². The molecule has 7 nitrogen and oxygen atoms in total. The monoisotopic (exact) mass is 290 g/mol. The lowest BCUT2D eigenvalue weighted by Gasteiger charge is -2.04. The van der Waals surface area contributed by atoms with Gasteiger partial charge in [-0.3, -0.25) is 10.1 Å². The van der Waals surface area contributed by atoms with E-state index in [1.165, 1.54) is 13.2 Å². The summed E-state index contributed by atoms with van der Waals surface area (Å²) in [7, 11) is 1.19. The Labute approximate surface area is 98.7 Å². The quantitative estimate of drug-likeness (QED) is 0.359. The van der Waals surface area contributed by atoms with Gasteiger partial charge in [0.05, 0.1) is 24.3 Å². The number of hydrogen-bond donors (Lipinski definition) is 0. The summed E-state index contributed by atoms with van der Waals surface area (Å²) in [5, 5.41) is 10.6. The van der Waals surface area contributed by atoms with Crippen LogP contribution >= 0.6 is 15.9 Å². The summed E-state index contributed by atoms with van der Waals surface area (Å²) in [5.74, 6) is -0.712. The molecule has 16 heavy (non-hydrogen) atoms. The fourth-order valence-corrected chi connectivity index (χ4v) is 1.18. The average Bonchev–Trinajstić information content (AvgIpc) is 2.26. The first kappa shape index (κ1) is 12.4. The number of ether oxygens (including phenoxy) is 2. The first-order chi connectivity index (χ1) is 7.54. The minimum atomic E-state index is -0.628.